The Morgan fingerprint density at radius 3 is 2.87 bits per heavy atom. The number of ether oxygens (including phenoxy) is 2. The van der Waals surface area contributed by atoms with Gasteiger partial charge >= 0.3 is 0 Å². The molecule has 1 aliphatic heterocycles. The van der Waals surface area contributed by atoms with Crippen LogP contribution in [0.5, 0.6) is 11.5 Å². The first-order valence-electron chi connectivity index (χ1n) is 4.35. The molecule has 2 rings (SSSR count). The zero-order valence-electron chi connectivity index (χ0n) is 8.06. The summed E-state index contributed by atoms with van der Waals surface area (Å²) >= 11 is 0. The van der Waals surface area contributed by atoms with Crippen LogP contribution in [0.4, 0.5) is 0 Å². The van der Waals surface area contributed by atoms with E-state index in [2.05, 4.69) is 5.16 Å². The van der Waals surface area contributed by atoms with Crippen molar-refractivity contribution in [2.24, 2.45) is 5.16 Å². The number of carbonyl (C=O) groups excluding carboxylic acids is 1. The molecule has 5 nitrogen and oxygen atoms in total. The number of oxime groups is 1. The first-order chi connectivity index (χ1) is 7.22. The van der Waals surface area contributed by atoms with Gasteiger partial charge in [0.1, 0.15) is 5.71 Å². The zero-order valence-corrected chi connectivity index (χ0v) is 8.06. The zero-order chi connectivity index (χ0) is 10.8. The average Bonchev–Trinajstić information content (AvgIpc) is 2.73. The number of carbonyl (C=O) groups is 1. The highest BCUT2D eigenvalue weighted by atomic mass is 16.7. The van der Waals surface area contributed by atoms with Gasteiger partial charge in [-0.1, -0.05) is 5.16 Å². The summed E-state index contributed by atoms with van der Waals surface area (Å²) in [6.45, 7) is 1.60. The fourth-order valence-corrected chi connectivity index (χ4v) is 1.29. The van der Waals surface area contributed by atoms with Crippen molar-refractivity contribution in [1.29, 1.82) is 0 Å². The first kappa shape index (κ1) is 9.51. The highest BCUT2D eigenvalue weighted by Crippen LogP contribution is 2.32. The summed E-state index contributed by atoms with van der Waals surface area (Å²) in [6.07, 6.45) is 0. The van der Waals surface area contributed by atoms with E-state index < -0.39 is 0 Å². The Bertz CT molecular complexity index is 439. The van der Waals surface area contributed by atoms with Crippen molar-refractivity contribution in [1.82, 2.24) is 0 Å². The van der Waals surface area contributed by atoms with E-state index in [1.54, 1.807) is 18.2 Å². The van der Waals surface area contributed by atoms with Gasteiger partial charge in [-0.05, 0) is 25.1 Å². The van der Waals surface area contributed by atoms with Crippen molar-refractivity contribution in [3.8, 4) is 11.5 Å². The van der Waals surface area contributed by atoms with Gasteiger partial charge in [0.15, 0.2) is 11.5 Å². The Balaban J connectivity index is 2.35. The molecule has 0 aliphatic carbocycles. The molecular formula is C10H9NO4. The molecule has 15 heavy (non-hydrogen) atoms. The van der Waals surface area contributed by atoms with Crippen LogP contribution in [0.3, 0.4) is 0 Å². The third kappa shape index (κ3) is 1.63. The second kappa shape index (κ2) is 3.61. The van der Waals surface area contributed by atoms with E-state index in [9.17, 15) is 4.79 Å². The molecule has 0 saturated heterocycles. The van der Waals surface area contributed by atoms with E-state index in [0.717, 1.165) is 0 Å². The van der Waals surface area contributed by atoms with Gasteiger partial charge in [-0.2, -0.15) is 0 Å². The molecule has 0 radical (unpaired) electrons. The Morgan fingerprint density at radius 2 is 2.13 bits per heavy atom. The van der Waals surface area contributed by atoms with E-state index in [0.29, 0.717) is 17.1 Å². The minimum absolute atomic E-state index is 0.0360. The molecule has 5 heteroatoms. The molecule has 0 atom stereocenters. The van der Waals surface area contributed by atoms with Crippen molar-refractivity contribution < 1.29 is 19.5 Å². The largest absolute Gasteiger partial charge is 0.454 e. The van der Waals surface area contributed by atoms with Crippen LogP contribution in [0.1, 0.15) is 17.3 Å². The molecule has 0 aromatic heterocycles. The van der Waals surface area contributed by atoms with Gasteiger partial charge in [0.2, 0.25) is 12.6 Å². The van der Waals surface area contributed by atoms with Crippen molar-refractivity contribution >= 4 is 11.5 Å². The number of nitrogens with zero attached hydrogens (tertiary/aromatic N) is 1. The van der Waals surface area contributed by atoms with E-state index in [1.165, 1.54) is 6.92 Å². The van der Waals surface area contributed by atoms with Crippen LogP contribution in [0.15, 0.2) is 23.4 Å². The van der Waals surface area contributed by atoms with Gasteiger partial charge < -0.3 is 14.7 Å². The van der Waals surface area contributed by atoms with Crippen molar-refractivity contribution in [2.45, 2.75) is 6.92 Å². The summed E-state index contributed by atoms with van der Waals surface area (Å²) in [6, 6.07) is 4.82. The number of benzene rings is 1. The number of hydrogen-bond acceptors (Lipinski definition) is 5. The lowest BCUT2D eigenvalue weighted by molar-refractivity contribution is 0.106. The fraction of sp³-hybridized carbons (Fsp3) is 0.200. The number of rotatable bonds is 2. The SMILES string of the molecule is CC(=NO)C(=O)c1ccc2c(c1)OCO2. The van der Waals surface area contributed by atoms with Gasteiger partial charge in [-0.25, -0.2) is 0 Å². The summed E-state index contributed by atoms with van der Waals surface area (Å²) in [5, 5.41) is 11.3. The molecule has 78 valence electrons. The molecule has 0 saturated carbocycles. The maximum atomic E-state index is 11.6. The lowest BCUT2D eigenvalue weighted by atomic mass is 10.1. The monoisotopic (exact) mass is 207 g/mol. The fourth-order valence-electron chi connectivity index (χ4n) is 1.29. The summed E-state index contributed by atoms with van der Waals surface area (Å²) in [4.78, 5) is 11.6. The van der Waals surface area contributed by atoms with Gasteiger partial charge in [0, 0.05) is 5.56 Å². The van der Waals surface area contributed by atoms with Crippen LogP contribution >= 0.6 is 0 Å². The minimum atomic E-state index is -0.337. The van der Waals surface area contributed by atoms with E-state index >= 15 is 0 Å². The normalized spacial score (nSPS) is 14.1. The summed E-state index contributed by atoms with van der Waals surface area (Å²) in [5.74, 6) is 0.813. The maximum absolute atomic E-state index is 11.6. The second-order valence-electron chi connectivity index (χ2n) is 3.08. The Labute approximate surface area is 85.9 Å². The quantitative estimate of drug-likeness (QED) is 0.345. The van der Waals surface area contributed by atoms with Gasteiger partial charge in [0.25, 0.3) is 0 Å². The highest BCUT2D eigenvalue weighted by molar-refractivity contribution is 6.45. The summed E-state index contributed by atoms with van der Waals surface area (Å²) < 4.78 is 10.2. The highest BCUT2D eigenvalue weighted by Gasteiger charge is 2.17. The smallest absolute Gasteiger partial charge is 0.231 e. The predicted molar refractivity (Wildman–Crippen MR) is 51.8 cm³/mol. The van der Waals surface area contributed by atoms with Crippen LogP contribution in [0.2, 0.25) is 0 Å². The summed E-state index contributed by atoms with van der Waals surface area (Å²) in [5.41, 5.74) is 0.448. The number of hydrogen-bond donors (Lipinski definition) is 1. The van der Waals surface area contributed by atoms with Crippen molar-refractivity contribution in [2.75, 3.05) is 6.79 Å². The molecule has 0 spiro atoms. The Kier molecular flexibility index (Phi) is 2.29. The first-order valence-corrected chi connectivity index (χ1v) is 4.35. The average molecular weight is 207 g/mol. The molecule has 0 bridgehead atoms. The molecule has 0 unspecified atom stereocenters. The third-order valence-electron chi connectivity index (χ3n) is 2.11. The number of Topliss-reactive ketones (excluding diaryl/α,β-unsaturated/α-hetero) is 1. The van der Waals surface area contributed by atoms with Crippen LogP contribution in [-0.2, 0) is 0 Å². The molecule has 1 aromatic rings. The summed E-state index contributed by atoms with van der Waals surface area (Å²) in [7, 11) is 0. The lowest BCUT2D eigenvalue weighted by Gasteiger charge is -2.00. The molecule has 1 aromatic carbocycles. The molecule has 1 aliphatic rings. The molecule has 0 fully saturated rings. The van der Waals surface area contributed by atoms with E-state index in [-0.39, 0.29) is 18.3 Å². The third-order valence-corrected chi connectivity index (χ3v) is 2.11. The number of fused-ring (bicyclic) bond motifs is 1. The van der Waals surface area contributed by atoms with Crippen LogP contribution in [0.25, 0.3) is 0 Å². The number of ketones is 1. The van der Waals surface area contributed by atoms with Crippen molar-refractivity contribution in [3.63, 3.8) is 0 Å². The predicted octanol–water partition coefficient (Wildman–Crippen LogP) is 1.45. The van der Waals surface area contributed by atoms with E-state index in [1.807, 2.05) is 0 Å². The van der Waals surface area contributed by atoms with Crippen LogP contribution in [-0.4, -0.2) is 23.5 Å². The molecule has 1 heterocycles. The maximum Gasteiger partial charge on any atom is 0.231 e. The lowest BCUT2D eigenvalue weighted by Crippen LogP contribution is -2.10. The Morgan fingerprint density at radius 1 is 1.40 bits per heavy atom. The minimum Gasteiger partial charge on any atom is -0.454 e. The topological polar surface area (TPSA) is 68.1 Å². The van der Waals surface area contributed by atoms with Crippen LogP contribution < -0.4 is 9.47 Å². The van der Waals surface area contributed by atoms with Crippen LogP contribution in [0, 0.1) is 0 Å². The molecule has 0 amide bonds. The van der Waals surface area contributed by atoms with E-state index in [4.69, 9.17) is 14.7 Å². The van der Waals surface area contributed by atoms with Gasteiger partial charge in [0.05, 0.1) is 0 Å². The van der Waals surface area contributed by atoms with Gasteiger partial charge in [-0.3, -0.25) is 4.79 Å². The molecule has 1 N–H and O–H groups in total. The van der Waals surface area contributed by atoms with Gasteiger partial charge in [-0.15, -0.1) is 0 Å². The Hall–Kier alpha value is -2.04. The molecular weight excluding hydrogens is 198 g/mol. The standard InChI is InChI=1S/C10H9NO4/c1-6(11-13)10(12)7-2-3-8-9(4-7)15-5-14-8/h2-4,13H,5H2,1H3. The van der Waals surface area contributed by atoms with Crippen molar-refractivity contribution in [3.05, 3.63) is 23.8 Å². The second-order valence-corrected chi connectivity index (χ2v) is 3.08.